The summed E-state index contributed by atoms with van der Waals surface area (Å²) in [7, 11) is 0. The highest BCUT2D eigenvalue weighted by Crippen LogP contribution is 2.31. The maximum absolute atomic E-state index is 14.6. The van der Waals surface area contributed by atoms with Gasteiger partial charge in [-0.05, 0) is 55.3 Å². The summed E-state index contributed by atoms with van der Waals surface area (Å²) in [5.41, 5.74) is 3.97. The number of carbonyl (C=O) groups excluding carboxylic acids is 2. The summed E-state index contributed by atoms with van der Waals surface area (Å²) < 4.78 is 20.0. The summed E-state index contributed by atoms with van der Waals surface area (Å²) in [6.07, 6.45) is 2.45. The fraction of sp³-hybridized carbons (Fsp3) is 0.185. The molecule has 1 fully saturated rings. The van der Waals surface area contributed by atoms with Gasteiger partial charge in [0, 0.05) is 30.4 Å². The molecular weight excluding hydrogens is 419 g/mol. The van der Waals surface area contributed by atoms with Crippen molar-refractivity contribution in [2.75, 3.05) is 18.4 Å². The number of nitrogens with one attached hydrogen (secondary N) is 1. The van der Waals surface area contributed by atoms with Crippen molar-refractivity contribution in [1.82, 2.24) is 4.90 Å². The maximum Gasteiger partial charge on any atom is 0.344 e. The van der Waals surface area contributed by atoms with Gasteiger partial charge < -0.3 is 15.0 Å². The number of carbonyl (C=O) groups is 2. The molecule has 1 atom stereocenters. The Morgan fingerprint density at radius 1 is 1.09 bits per heavy atom. The summed E-state index contributed by atoms with van der Waals surface area (Å²) in [6, 6.07) is 19.7. The van der Waals surface area contributed by atoms with E-state index in [-0.39, 0.29) is 17.5 Å². The van der Waals surface area contributed by atoms with E-state index in [2.05, 4.69) is 5.32 Å². The summed E-state index contributed by atoms with van der Waals surface area (Å²) >= 11 is 0. The third-order valence-electron chi connectivity index (χ3n) is 6.03. The molecule has 1 saturated heterocycles. The molecule has 0 aliphatic carbocycles. The highest BCUT2D eigenvalue weighted by atomic mass is 19.1. The Kier molecular flexibility index (Phi) is 5.42. The van der Waals surface area contributed by atoms with Gasteiger partial charge in [-0.25, -0.2) is 9.18 Å². The van der Waals surface area contributed by atoms with Crippen molar-refractivity contribution in [1.29, 1.82) is 0 Å². The van der Waals surface area contributed by atoms with Crippen LogP contribution in [0.3, 0.4) is 0 Å². The molecule has 3 aromatic rings. The number of benzene rings is 3. The van der Waals surface area contributed by atoms with Gasteiger partial charge >= 0.3 is 5.97 Å². The van der Waals surface area contributed by atoms with Gasteiger partial charge in [0.2, 0.25) is 0 Å². The molecule has 166 valence electrons. The zero-order chi connectivity index (χ0) is 22.9. The Morgan fingerprint density at radius 2 is 1.85 bits per heavy atom. The molecule has 0 bridgehead atoms. The van der Waals surface area contributed by atoms with E-state index in [4.69, 9.17) is 4.74 Å². The molecule has 6 heteroatoms. The quantitative estimate of drug-likeness (QED) is 0.569. The molecule has 3 aromatic carbocycles. The van der Waals surface area contributed by atoms with Gasteiger partial charge in [0.15, 0.2) is 0 Å². The number of aryl methyl sites for hydroxylation is 1. The average Bonchev–Trinajstić information content (AvgIpc) is 3.41. The van der Waals surface area contributed by atoms with E-state index in [1.54, 1.807) is 35.2 Å². The Labute approximate surface area is 191 Å². The molecule has 5 rings (SSSR count). The minimum absolute atomic E-state index is 0.0120. The van der Waals surface area contributed by atoms with Crippen LogP contribution in [0.4, 0.5) is 10.1 Å². The monoisotopic (exact) mass is 442 g/mol. The molecule has 0 unspecified atom stereocenters. The first-order chi connectivity index (χ1) is 16.0. The zero-order valence-corrected chi connectivity index (χ0v) is 18.2. The first-order valence-corrected chi connectivity index (χ1v) is 10.9. The topological polar surface area (TPSA) is 58.6 Å². The largest absolute Gasteiger partial charge is 0.422 e. The van der Waals surface area contributed by atoms with Crippen molar-refractivity contribution in [3.8, 4) is 0 Å². The van der Waals surface area contributed by atoms with Crippen LogP contribution >= 0.6 is 0 Å². The van der Waals surface area contributed by atoms with E-state index < -0.39 is 11.8 Å². The molecule has 5 nitrogen and oxygen atoms in total. The summed E-state index contributed by atoms with van der Waals surface area (Å²) in [6.45, 7) is 3.09. The number of hydrogen-bond donors (Lipinski definition) is 1. The number of cyclic esters (lactones) is 1. The van der Waals surface area contributed by atoms with Crippen molar-refractivity contribution in [3.05, 3.63) is 100 Å². The number of esters is 1. The first-order valence-electron chi connectivity index (χ1n) is 10.9. The molecular formula is C27H23FN2O3. The predicted molar refractivity (Wildman–Crippen MR) is 125 cm³/mol. The number of ether oxygens (including phenoxy) is 1. The second-order valence-corrected chi connectivity index (χ2v) is 8.43. The number of likely N-dealkylation sites (tertiary alicyclic amines) is 1. The van der Waals surface area contributed by atoms with Gasteiger partial charge in [0.1, 0.15) is 11.6 Å². The third-order valence-corrected chi connectivity index (χ3v) is 6.03. The maximum atomic E-state index is 14.6. The third kappa shape index (κ3) is 4.24. The van der Waals surface area contributed by atoms with E-state index in [0.717, 1.165) is 12.1 Å². The molecule has 2 aliphatic rings. The van der Waals surface area contributed by atoms with Crippen molar-refractivity contribution >= 4 is 29.4 Å². The summed E-state index contributed by atoms with van der Waals surface area (Å²) in [4.78, 5) is 26.8. The molecule has 2 aliphatic heterocycles. The molecule has 0 aromatic heterocycles. The molecule has 0 radical (unpaired) electrons. The van der Waals surface area contributed by atoms with Crippen molar-refractivity contribution in [2.24, 2.45) is 0 Å². The Morgan fingerprint density at radius 3 is 2.64 bits per heavy atom. The van der Waals surface area contributed by atoms with E-state index in [9.17, 15) is 14.0 Å². The second kappa shape index (κ2) is 8.54. The number of anilines is 1. The lowest BCUT2D eigenvalue weighted by Gasteiger charge is -2.18. The summed E-state index contributed by atoms with van der Waals surface area (Å²) in [5.74, 6) is -0.936. The van der Waals surface area contributed by atoms with Crippen LogP contribution in [-0.2, 0) is 4.74 Å². The second-order valence-electron chi connectivity index (χ2n) is 8.43. The highest BCUT2D eigenvalue weighted by molar-refractivity contribution is 6.05. The van der Waals surface area contributed by atoms with Crippen molar-refractivity contribution in [3.63, 3.8) is 0 Å². The van der Waals surface area contributed by atoms with E-state index in [1.807, 2.05) is 37.3 Å². The Hall–Kier alpha value is -3.93. The first kappa shape index (κ1) is 20.9. The van der Waals surface area contributed by atoms with Gasteiger partial charge in [0.05, 0.1) is 11.1 Å². The van der Waals surface area contributed by atoms with E-state index >= 15 is 0 Å². The minimum Gasteiger partial charge on any atom is -0.422 e. The van der Waals surface area contributed by atoms with Crippen LogP contribution in [-0.4, -0.2) is 35.9 Å². The number of hydrogen-bond acceptors (Lipinski definition) is 4. The van der Waals surface area contributed by atoms with Crippen LogP contribution in [0.5, 0.6) is 0 Å². The van der Waals surface area contributed by atoms with Gasteiger partial charge in [-0.2, -0.15) is 0 Å². The lowest BCUT2D eigenvalue weighted by molar-refractivity contribution is 0.0716. The standard InChI is InChI=1S/C27H23FN2O3/c1-17-6-9-19(10-7-17)29-20-12-13-30(16-20)26(31)23-14-18(8-11-24(23)28)15-25-21-4-2-3-5-22(21)27(32)33-25/h2-11,14-15,20,29H,12-13,16H2,1H3/t20-/m1/s1. The van der Waals surface area contributed by atoms with Crippen LogP contribution in [0.2, 0.25) is 0 Å². The molecule has 1 amide bonds. The van der Waals surface area contributed by atoms with Crippen LogP contribution in [0.1, 0.15) is 43.8 Å². The molecule has 1 N–H and O–H groups in total. The van der Waals surface area contributed by atoms with Gasteiger partial charge in [0.25, 0.3) is 5.91 Å². The number of amides is 1. The molecule has 33 heavy (non-hydrogen) atoms. The fourth-order valence-electron chi connectivity index (χ4n) is 4.26. The Bertz CT molecular complexity index is 1270. The van der Waals surface area contributed by atoms with Gasteiger partial charge in [-0.3, -0.25) is 4.79 Å². The SMILES string of the molecule is Cc1ccc(N[C@@H]2CCN(C(=O)c3cc(C=C4OC(=O)c5ccccc54)ccc3F)C2)cc1. The summed E-state index contributed by atoms with van der Waals surface area (Å²) in [5, 5.41) is 3.45. The van der Waals surface area contributed by atoms with Crippen LogP contribution in [0, 0.1) is 12.7 Å². The smallest absolute Gasteiger partial charge is 0.344 e. The molecule has 0 spiro atoms. The lowest BCUT2D eigenvalue weighted by Crippen LogP contribution is -2.32. The average molecular weight is 442 g/mol. The Balaban J connectivity index is 1.33. The van der Waals surface area contributed by atoms with Crippen molar-refractivity contribution < 1.29 is 18.7 Å². The van der Waals surface area contributed by atoms with Gasteiger partial charge in [-0.15, -0.1) is 0 Å². The highest BCUT2D eigenvalue weighted by Gasteiger charge is 2.29. The van der Waals surface area contributed by atoms with Crippen LogP contribution in [0.25, 0.3) is 11.8 Å². The van der Waals surface area contributed by atoms with Crippen LogP contribution in [0.15, 0.2) is 66.7 Å². The fourth-order valence-corrected chi connectivity index (χ4v) is 4.26. The van der Waals surface area contributed by atoms with E-state index in [0.29, 0.717) is 35.5 Å². The number of rotatable bonds is 4. The predicted octanol–water partition coefficient (Wildman–Crippen LogP) is 5.13. The molecule has 0 saturated carbocycles. The van der Waals surface area contributed by atoms with E-state index in [1.165, 1.54) is 17.7 Å². The van der Waals surface area contributed by atoms with Gasteiger partial charge in [-0.1, -0.05) is 42.0 Å². The number of fused-ring (bicyclic) bond motifs is 1. The number of nitrogens with zero attached hydrogens (tertiary/aromatic N) is 1. The minimum atomic E-state index is -0.569. The lowest BCUT2D eigenvalue weighted by atomic mass is 10.0. The zero-order valence-electron chi connectivity index (χ0n) is 18.2. The normalized spacial score (nSPS) is 18.4. The molecule has 2 heterocycles. The van der Waals surface area contributed by atoms with Crippen molar-refractivity contribution in [2.45, 2.75) is 19.4 Å². The van der Waals surface area contributed by atoms with Crippen LogP contribution < -0.4 is 5.32 Å². The number of halogens is 1.